The molecule has 6 nitrogen and oxygen atoms in total. The monoisotopic (exact) mass is 488 g/mol. The second kappa shape index (κ2) is 10.7. The first-order valence-electron chi connectivity index (χ1n) is 11.4. The third-order valence-electron chi connectivity index (χ3n) is 5.78. The summed E-state index contributed by atoms with van der Waals surface area (Å²) in [5.74, 6) is 0.277. The lowest BCUT2D eigenvalue weighted by molar-refractivity contribution is -0.113. The van der Waals surface area contributed by atoms with Crippen molar-refractivity contribution in [3.8, 4) is 17.2 Å². The molecule has 3 aromatic rings. The first-order valence-corrected chi connectivity index (χ1v) is 12.2. The molecule has 1 heterocycles. The van der Waals surface area contributed by atoms with E-state index in [1.54, 1.807) is 23.1 Å². The summed E-state index contributed by atoms with van der Waals surface area (Å²) in [4.78, 5) is 20.5. The van der Waals surface area contributed by atoms with E-state index in [4.69, 9.17) is 14.5 Å². The van der Waals surface area contributed by atoms with Gasteiger partial charge in [0.15, 0.2) is 16.7 Å². The van der Waals surface area contributed by atoms with Gasteiger partial charge in [-0.1, -0.05) is 38.1 Å². The minimum atomic E-state index is -0.172. The first kappa shape index (κ1) is 24.4. The second-order valence-electron chi connectivity index (χ2n) is 7.96. The summed E-state index contributed by atoms with van der Waals surface area (Å²) in [5, 5.41) is 10.8. The zero-order valence-corrected chi connectivity index (χ0v) is 21.1. The van der Waals surface area contributed by atoms with Crippen LogP contribution in [0.1, 0.15) is 30.5 Å². The lowest BCUT2D eigenvalue weighted by Crippen LogP contribution is -2.28. The van der Waals surface area contributed by atoms with E-state index in [9.17, 15) is 9.90 Å². The average Bonchev–Trinajstić information content (AvgIpc) is 3.19. The second-order valence-corrected chi connectivity index (χ2v) is 8.97. The van der Waals surface area contributed by atoms with Crippen LogP contribution < -0.4 is 14.4 Å². The van der Waals surface area contributed by atoms with Crippen molar-refractivity contribution in [2.24, 2.45) is 4.99 Å². The molecule has 3 aromatic carbocycles. The molecule has 1 fully saturated rings. The zero-order valence-electron chi connectivity index (χ0n) is 20.2. The Morgan fingerprint density at radius 3 is 1.97 bits per heavy atom. The highest BCUT2D eigenvalue weighted by Gasteiger charge is 2.35. The average molecular weight is 489 g/mol. The van der Waals surface area contributed by atoms with Crippen molar-refractivity contribution in [2.45, 2.75) is 26.7 Å². The molecular weight excluding hydrogens is 460 g/mol. The summed E-state index contributed by atoms with van der Waals surface area (Å²) < 4.78 is 10.5. The fraction of sp³-hybridized carbons (Fsp3) is 0.214. The fourth-order valence-electron chi connectivity index (χ4n) is 3.72. The predicted molar refractivity (Wildman–Crippen MR) is 143 cm³/mol. The number of methoxy groups -OCH3 is 2. The van der Waals surface area contributed by atoms with Crippen LogP contribution in [0.25, 0.3) is 6.08 Å². The molecule has 0 atom stereocenters. The number of aryl methyl sites for hydroxylation is 2. The number of phenolic OH excluding ortho intramolecular Hbond substituents is 1. The number of hydrogen-bond donors (Lipinski definition) is 1. The minimum Gasteiger partial charge on any atom is -0.502 e. The molecule has 4 rings (SSSR count). The van der Waals surface area contributed by atoms with Crippen molar-refractivity contribution in [2.75, 3.05) is 19.1 Å². The molecule has 1 amide bonds. The summed E-state index contributed by atoms with van der Waals surface area (Å²) in [6.07, 6.45) is 3.63. The Kier molecular flexibility index (Phi) is 7.46. The number of carbonyl (C=O) groups is 1. The largest absolute Gasteiger partial charge is 0.502 e. The van der Waals surface area contributed by atoms with Crippen molar-refractivity contribution in [3.63, 3.8) is 0 Å². The number of thioether (sulfide) groups is 1. The molecule has 1 saturated heterocycles. The van der Waals surface area contributed by atoms with Crippen LogP contribution in [0.3, 0.4) is 0 Å². The number of rotatable bonds is 7. The van der Waals surface area contributed by atoms with Gasteiger partial charge >= 0.3 is 0 Å². The highest BCUT2D eigenvalue weighted by molar-refractivity contribution is 8.19. The van der Waals surface area contributed by atoms with Gasteiger partial charge in [0.2, 0.25) is 5.75 Å². The van der Waals surface area contributed by atoms with E-state index in [0.29, 0.717) is 15.6 Å². The van der Waals surface area contributed by atoms with Crippen LogP contribution in [0.4, 0.5) is 11.4 Å². The Labute approximate surface area is 209 Å². The van der Waals surface area contributed by atoms with E-state index in [2.05, 4.69) is 13.8 Å². The standard InChI is InChI=1S/C28H28N2O4S/c1-5-18-7-11-21(12-8-18)29-28-30(22-13-9-19(6-2)10-14-22)27(32)25(35-28)17-20-15-23(33-3)26(31)24(16-20)34-4/h7-17,31H,5-6H2,1-4H3/b25-17-,29-28?. The molecule has 0 spiro atoms. The van der Waals surface area contributed by atoms with E-state index in [0.717, 1.165) is 24.2 Å². The number of amidine groups is 1. The zero-order chi connectivity index (χ0) is 24.9. The molecule has 1 aliphatic rings. The Morgan fingerprint density at radius 1 is 0.914 bits per heavy atom. The van der Waals surface area contributed by atoms with Crippen LogP contribution in [-0.2, 0) is 17.6 Å². The molecule has 0 aliphatic carbocycles. The maximum atomic E-state index is 13.6. The molecule has 0 bridgehead atoms. The predicted octanol–water partition coefficient (Wildman–Crippen LogP) is 6.34. The maximum Gasteiger partial charge on any atom is 0.271 e. The third-order valence-corrected chi connectivity index (χ3v) is 6.75. The molecule has 0 saturated carbocycles. The van der Waals surface area contributed by atoms with Crippen LogP contribution in [-0.4, -0.2) is 30.4 Å². The number of anilines is 1. The SMILES string of the molecule is CCc1ccc(N=C2S/C(=C\c3cc(OC)c(O)c(OC)c3)C(=O)N2c2ccc(CC)cc2)cc1. The number of aliphatic imine (C=N–C) groups is 1. The van der Waals surface area contributed by atoms with Gasteiger partial charge in [-0.3, -0.25) is 9.69 Å². The van der Waals surface area contributed by atoms with Gasteiger partial charge in [-0.05, 0) is 83.8 Å². The lowest BCUT2D eigenvalue weighted by Gasteiger charge is -2.16. The van der Waals surface area contributed by atoms with Crippen molar-refractivity contribution >= 4 is 40.3 Å². The number of hydrogen-bond acceptors (Lipinski definition) is 6. The summed E-state index contributed by atoms with van der Waals surface area (Å²) in [5.41, 5.74) is 4.63. The number of amides is 1. The van der Waals surface area contributed by atoms with Crippen molar-refractivity contribution in [1.29, 1.82) is 0 Å². The van der Waals surface area contributed by atoms with Crippen LogP contribution in [0, 0.1) is 0 Å². The molecule has 0 aromatic heterocycles. The fourth-order valence-corrected chi connectivity index (χ4v) is 4.72. The van der Waals surface area contributed by atoms with Gasteiger partial charge in [-0.15, -0.1) is 0 Å². The summed E-state index contributed by atoms with van der Waals surface area (Å²) in [7, 11) is 2.94. The van der Waals surface area contributed by atoms with Crippen molar-refractivity contribution in [1.82, 2.24) is 0 Å². The molecular formula is C28H28N2O4S. The van der Waals surface area contributed by atoms with Gasteiger partial charge in [-0.25, -0.2) is 4.99 Å². The number of ether oxygens (including phenoxy) is 2. The third kappa shape index (κ3) is 5.20. The van der Waals surface area contributed by atoms with Gasteiger partial charge < -0.3 is 14.6 Å². The van der Waals surface area contributed by atoms with Gasteiger partial charge in [-0.2, -0.15) is 0 Å². The number of phenols is 1. The summed E-state index contributed by atoms with van der Waals surface area (Å²) >= 11 is 1.31. The molecule has 1 aliphatic heterocycles. The molecule has 0 unspecified atom stereocenters. The van der Waals surface area contributed by atoms with Crippen LogP contribution in [0.15, 0.2) is 70.6 Å². The smallest absolute Gasteiger partial charge is 0.271 e. The van der Waals surface area contributed by atoms with Crippen LogP contribution in [0.2, 0.25) is 0 Å². The molecule has 35 heavy (non-hydrogen) atoms. The van der Waals surface area contributed by atoms with Crippen LogP contribution >= 0.6 is 11.8 Å². The topological polar surface area (TPSA) is 71.4 Å². The van der Waals surface area contributed by atoms with Gasteiger partial charge in [0, 0.05) is 0 Å². The Morgan fingerprint density at radius 2 is 1.46 bits per heavy atom. The minimum absolute atomic E-state index is 0.0852. The van der Waals surface area contributed by atoms with Gasteiger partial charge in [0.25, 0.3) is 5.91 Å². The Balaban J connectivity index is 1.77. The first-order chi connectivity index (χ1) is 17.0. The molecule has 0 radical (unpaired) electrons. The Bertz CT molecular complexity index is 1260. The quantitative estimate of drug-likeness (QED) is 0.393. The summed E-state index contributed by atoms with van der Waals surface area (Å²) in [6, 6.07) is 19.3. The van der Waals surface area contributed by atoms with Gasteiger partial charge in [0.05, 0.1) is 30.5 Å². The number of aromatic hydroxyl groups is 1. The van der Waals surface area contributed by atoms with E-state index >= 15 is 0 Å². The van der Waals surface area contributed by atoms with Crippen molar-refractivity contribution in [3.05, 3.63) is 82.3 Å². The molecule has 7 heteroatoms. The van der Waals surface area contributed by atoms with E-state index in [-0.39, 0.29) is 23.2 Å². The number of nitrogens with zero attached hydrogens (tertiary/aromatic N) is 2. The van der Waals surface area contributed by atoms with Gasteiger partial charge in [0.1, 0.15) is 0 Å². The molecule has 1 N–H and O–H groups in total. The van der Waals surface area contributed by atoms with Crippen LogP contribution in [0.5, 0.6) is 17.2 Å². The number of benzene rings is 3. The van der Waals surface area contributed by atoms with E-state index in [1.807, 2.05) is 48.5 Å². The maximum absolute atomic E-state index is 13.6. The Hall–Kier alpha value is -3.71. The van der Waals surface area contributed by atoms with E-state index < -0.39 is 0 Å². The lowest BCUT2D eigenvalue weighted by atomic mass is 10.1. The summed E-state index contributed by atoms with van der Waals surface area (Å²) in [6.45, 7) is 4.21. The van der Waals surface area contributed by atoms with E-state index in [1.165, 1.54) is 37.1 Å². The highest BCUT2D eigenvalue weighted by atomic mass is 32.2. The molecule has 180 valence electrons. The normalized spacial score (nSPS) is 15.8. The van der Waals surface area contributed by atoms with Crippen molar-refractivity contribution < 1.29 is 19.4 Å². The highest BCUT2D eigenvalue weighted by Crippen LogP contribution is 2.41. The number of carbonyl (C=O) groups excluding carboxylic acids is 1.